The van der Waals surface area contributed by atoms with Crippen molar-refractivity contribution < 1.29 is 23.8 Å². The Morgan fingerprint density at radius 2 is 2.14 bits per heavy atom. The summed E-state index contributed by atoms with van der Waals surface area (Å²) in [6.07, 6.45) is 7.15. The molecule has 0 saturated carbocycles. The van der Waals surface area contributed by atoms with Gasteiger partial charge in [-0.1, -0.05) is 12.5 Å². The molecule has 0 saturated heterocycles. The second kappa shape index (κ2) is 9.78. The normalized spacial score (nSPS) is 10.9. The third-order valence-corrected chi connectivity index (χ3v) is 2.98. The van der Waals surface area contributed by atoms with Crippen molar-refractivity contribution in [2.75, 3.05) is 13.7 Å². The monoisotopic (exact) mass is 310 g/mol. The minimum Gasteiger partial charge on any atom is -0.496 e. The van der Waals surface area contributed by atoms with Crippen molar-refractivity contribution in [1.29, 1.82) is 0 Å². The molecule has 0 unspecified atom stereocenters. The molecule has 0 atom stereocenters. The predicted molar refractivity (Wildman–Crippen MR) is 81.6 cm³/mol. The van der Waals surface area contributed by atoms with E-state index in [1.807, 2.05) is 6.08 Å². The summed E-state index contributed by atoms with van der Waals surface area (Å²) in [6.45, 7) is 1.30. The molecule has 122 valence electrons. The van der Waals surface area contributed by atoms with Crippen molar-refractivity contribution in [2.45, 2.75) is 39.2 Å². The maximum absolute atomic E-state index is 11.9. The summed E-state index contributed by atoms with van der Waals surface area (Å²) in [4.78, 5) is 22.7. The fraction of sp³-hybridized carbons (Fsp3) is 0.500. The number of rotatable bonds is 9. The first-order valence-electron chi connectivity index (χ1n) is 7.20. The maximum Gasteiger partial charge on any atom is 0.346 e. The zero-order chi connectivity index (χ0) is 16.4. The zero-order valence-electron chi connectivity index (χ0n) is 13.0. The molecule has 1 aromatic rings. The highest BCUT2D eigenvalue weighted by atomic mass is 16.5. The van der Waals surface area contributed by atoms with Crippen LogP contribution in [0.25, 0.3) is 6.08 Å². The lowest BCUT2D eigenvalue weighted by Crippen LogP contribution is -2.13. The Morgan fingerprint density at radius 1 is 1.36 bits per heavy atom. The number of hydrogen-bond acceptors (Lipinski definition) is 6. The lowest BCUT2D eigenvalue weighted by molar-refractivity contribution is -0.142. The van der Waals surface area contributed by atoms with Gasteiger partial charge in [-0.15, -0.1) is 0 Å². The highest BCUT2D eigenvalue weighted by Crippen LogP contribution is 2.18. The summed E-state index contributed by atoms with van der Waals surface area (Å²) in [5.74, 6) is 0.237. The van der Waals surface area contributed by atoms with Crippen LogP contribution in [0.1, 0.15) is 43.9 Å². The minimum absolute atomic E-state index is 0.175. The van der Waals surface area contributed by atoms with Gasteiger partial charge in [-0.25, -0.2) is 4.79 Å². The van der Waals surface area contributed by atoms with E-state index in [9.17, 15) is 9.59 Å². The fourth-order valence-corrected chi connectivity index (χ4v) is 1.83. The molecule has 1 heterocycles. The number of ether oxygens (including phenoxy) is 2. The lowest BCUT2D eigenvalue weighted by Gasteiger charge is -2.07. The molecule has 0 fully saturated rings. The molecule has 0 aliphatic rings. The van der Waals surface area contributed by atoms with Crippen LogP contribution in [0.15, 0.2) is 21.4 Å². The van der Waals surface area contributed by atoms with E-state index in [1.54, 1.807) is 12.1 Å². The van der Waals surface area contributed by atoms with Crippen LogP contribution in [-0.2, 0) is 16.1 Å². The Balaban J connectivity index is 2.73. The zero-order valence-corrected chi connectivity index (χ0v) is 13.0. The van der Waals surface area contributed by atoms with Gasteiger partial charge in [0, 0.05) is 19.6 Å². The maximum atomic E-state index is 11.9. The van der Waals surface area contributed by atoms with E-state index in [0.29, 0.717) is 11.5 Å². The van der Waals surface area contributed by atoms with Crippen LogP contribution in [0, 0.1) is 0 Å². The molecule has 0 bridgehead atoms. The van der Waals surface area contributed by atoms with Gasteiger partial charge in [0.15, 0.2) is 0 Å². The summed E-state index contributed by atoms with van der Waals surface area (Å²) >= 11 is 0. The third-order valence-electron chi connectivity index (χ3n) is 2.98. The number of methoxy groups -OCH3 is 1. The average molecular weight is 310 g/mol. The summed E-state index contributed by atoms with van der Waals surface area (Å²) in [5, 5.41) is 8.68. The van der Waals surface area contributed by atoms with E-state index in [2.05, 4.69) is 0 Å². The third kappa shape index (κ3) is 6.13. The van der Waals surface area contributed by atoms with Crippen molar-refractivity contribution in [1.82, 2.24) is 0 Å². The molecule has 0 amide bonds. The number of carbonyl (C=O) groups is 1. The van der Waals surface area contributed by atoms with E-state index in [0.717, 1.165) is 25.7 Å². The molecule has 1 N–H and O–H groups in total. The molecular formula is C16H22O6. The smallest absolute Gasteiger partial charge is 0.346 e. The van der Waals surface area contributed by atoms with E-state index in [-0.39, 0.29) is 18.8 Å². The Bertz CT molecular complexity index is 558. The molecule has 0 aromatic carbocycles. The first kappa shape index (κ1) is 18.0. The molecule has 6 nitrogen and oxygen atoms in total. The number of allylic oxidation sites excluding steroid dienone is 1. The number of unbranched alkanes of at least 4 members (excludes halogenated alkanes) is 3. The molecule has 1 aromatic heterocycles. The molecular weight excluding hydrogens is 288 g/mol. The molecule has 1 rings (SSSR count). The van der Waals surface area contributed by atoms with Crippen LogP contribution in [0.5, 0.6) is 5.75 Å². The van der Waals surface area contributed by atoms with E-state index in [1.165, 1.54) is 14.0 Å². The molecule has 0 radical (unpaired) electrons. The minimum atomic E-state index is -0.583. The van der Waals surface area contributed by atoms with Crippen molar-refractivity contribution in [3.63, 3.8) is 0 Å². The SMILES string of the molecule is COc1cc(/C=C/CCCCCO)oc(=O)c1COC(C)=O. The van der Waals surface area contributed by atoms with Gasteiger partial charge in [0.2, 0.25) is 0 Å². The van der Waals surface area contributed by atoms with Crippen LogP contribution in [0.4, 0.5) is 0 Å². The molecule has 0 spiro atoms. The number of hydrogen-bond donors (Lipinski definition) is 1. The van der Waals surface area contributed by atoms with Gasteiger partial charge in [-0.2, -0.15) is 0 Å². The summed E-state index contributed by atoms with van der Waals surface area (Å²) < 4.78 is 15.1. The molecule has 6 heteroatoms. The second-order valence-electron chi connectivity index (χ2n) is 4.74. The van der Waals surface area contributed by atoms with Gasteiger partial charge in [0.25, 0.3) is 0 Å². The Labute approximate surface area is 129 Å². The largest absolute Gasteiger partial charge is 0.496 e. The average Bonchev–Trinajstić information content (AvgIpc) is 2.48. The van der Waals surface area contributed by atoms with Gasteiger partial charge in [0.05, 0.1) is 7.11 Å². The molecule has 0 aliphatic heterocycles. The fourth-order valence-electron chi connectivity index (χ4n) is 1.83. The van der Waals surface area contributed by atoms with Gasteiger partial charge < -0.3 is 19.0 Å². The van der Waals surface area contributed by atoms with Crippen molar-refractivity contribution in [2.24, 2.45) is 0 Å². The summed E-state index contributed by atoms with van der Waals surface area (Å²) in [6, 6.07) is 1.59. The Hall–Kier alpha value is -2.08. The van der Waals surface area contributed by atoms with Crippen molar-refractivity contribution in [3.05, 3.63) is 33.9 Å². The van der Waals surface area contributed by atoms with Gasteiger partial charge in [0.1, 0.15) is 23.7 Å². The number of aliphatic hydroxyl groups excluding tert-OH is 1. The Morgan fingerprint density at radius 3 is 2.77 bits per heavy atom. The molecule has 0 aliphatic carbocycles. The van der Waals surface area contributed by atoms with Crippen LogP contribution in [0.2, 0.25) is 0 Å². The lowest BCUT2D eigenvalue weighted by atomic mass is 10.2. The van der Waals surface area contributed by atoms with Gasteiger partial charge >= 0.3 is 11.6 Å². The van der Waals surface area contributed by atoms with Crippen LogP contribution in [-0.4, -0.2) is 24.8 Å². The van der Waals surface area contributed by atoms with Gasteiger partial charge in [-0.05, 0) is 25.3 Å². The first-order valence-corrected chi connectivity index (χ1v) is 7.20. The topological polar surface area (TPSA) is 86.0 Å². The van der Waals surface area contributed by atoms with Crippen molar-refractivity contribution in [3.8, 4) is 5.75 Å². The van der Waals surface area contributed by atoms with Crippen LogP contribution in [0.3, 0.4) is 0 Å². The van der Waals surface area contributed by atoms with E-state index in [4.69, 9.17) is 19.0 Å². The van der Waals surface area contributed by atoms with Crippen LogP contribution < -0.4 is 10.4 Å². The van der Waals surface area contributed by atoms with E-state index >= 15 is 0 Å². The second-order valence-corrected chi connectivity index (χ2v) is 4.74. The highest BCUT2D eigenvalue weighted by molar-refractivity contribution is 5.66. The quantitative estimate of drug-likeness (QED) is 0.556. The summed E-state index contributed by atoms with van der Waals surface area (Å²) in [5.41, 5.74) is -0.404. The summed E-state index contributed by atoms with van der Waals surface area (Å²) in [7, 11) is 1.44. The van der Waals surface area contributed by atoms with E-state index < -0.39 is 11.6 Å². The van der Waals surface area contributed by atoms with Crippen molar-refractivity contribution >= 4 is 12.0 Å². The first-order chi connectivity index (χ1) is 10.6. The number of aliphatic hydroxyl groups is 1. The van der Waals surface area contributed by atoms with Gasteiger partial charge in [-0.3, -0.25) is 4.79 Å². The number of esters is 1. The predicted octanol–water partition coefficient (Wildman–Crippen LogP) is 2.28. The molecule has 22 heavy (non-hydrogen) atoms. The number of carbonyl (C=O) groups excluding carboxylic acids is 1. The van der Waals surface area contributed by atoms with Crippen LogP contribution >= 0.6 is 0 Å². The highest BCUT2D eigenvalue weighted by Gasteiger charge is 2.13. The Kier molecular flexibility index (Phi) is 7.99. The standard InChI is InChI=1S/C16H22O6/c1-12(18)21-11-14-15(20-2)10-13(22-16(14)19)8-6-4-3-5-7-9-17/h6,8,10,17H,3-5,7,9,11H2,1-2H3/b8-6+.